The molecule has 4 aromatic rings. The number of halogens is 1. The maximum Gasteiger partial charge on any atom is 0.232 e. The molecule has 9 heteroatoms. The highest BCUT2D eigenvalue weighted by Crippen LogP contribution is 2.46. The number of anilines is 1. The van der Waals surface area contributed by atoms with Crippen molar-refractivity contribution in [2.75, 3.05) is 11.9 Å². The number of carbonyl (C=O) groups excluding carboxylic acids is 1. The number of rotatable bonds is 10. The minimum atomic E-state index is -0.894. The molecule has 0 unspecified atom stereocenters. The summed E-state index contributed by atoms with van der Waals surface area (Å²) in [6, 6.07) is 18.7. The smallest absolute Gasteiger partial charge is 0.232 e. The predicted molar refractivity (Wildman–Crippen MR) is 139 cm³/mol. The molecule has 0 saturated heterocycles. The van der Waals surface area contributed by atoms with Gasteiger partial charge in [0.25, 0.3) is 0 Å². The van der Waals surface area contributed by atoms with Gasteiger partial charge in [0.15, 0.2) is 0 Å². The Morgan fingerprint density at radius 1 is 1.14 bits per heavy atom. The van der Waals surface area contributed by atoms with Gasteiger partial charge in [-0.2, -0.15) is 0 Å². The summed E-state index contributed by atoms with van der Waals surface area (Å²) in [4.78, 5) is 20.8. The van der Waals surface area contributed by atoms with E-state index < -0.39 is 5.41 Å². The van der Waals surface area contributed by atoms with E-state index in [1.54, 1.807) is 22.9 Å². The number of hydrogen-bond acceptors (Lipinski definition) is 7. The van der Waals surface area contributed by atoms with Gasteiger partial charge in [0.1, 0.15) is 11.3 Å². The first-order valence-corrected chi connectivity index (χ1v) is 12.9. The van der Waals surface area contributed by atoms with Crippen LogP contribution in [0.4, 0.5) is 9.52 Å². The van der Waals surface area contributed by atoms with Crippen LogP contribution >= 0.6 is 22.7 Å². The van der Waals surface area contributed by atoms with E-state index in [4.69, 9.17) is 4.84 Å². The van der Waals surface area contributed by atoms with Crippen LogP contribution in [0.25, 0.3) is 10.4 Å². The number of amides is 1. The average Bonchev–Trinajstić information content (AvgIpc) is 3.52. The molecule has 0 bridgehead atoms. The number of nitrogens with one attached hydrogen (secondary N) is 2. The van der Waals surface area contributed by atoms with Gasteiger partial charge in [-0.05, 0) is 41.0 Å². The summed E-state index contributed by atoms with van der Waals surface area (Å²) in [5.41, 5.74) is 6.41. The zero-order valence-electron chi connectivity index (χ0n) is 19.7. The van der Waals surface area contributed by atoms with Crippen LogP contribution in [-0.4, -0.2) is 22.6 Å². The van der Waals surface area contributed by atoms with Gasteiger partial charge in [0.05, 0.1) is 12.0 Å². The fourth-order valence-electron chi connectivity index (χ4n) is 3.90. The summed E-state index contributed by atoms with van der Waals surface area (Å²) in [6.07, 6.45) is 0. The van der Waals surface area contributed by atoms with Crippen LogP contribution in [0, 0.1) is 11.2 Å². The lowest BCUT2D eigenvalue weighted by atomic mass is 9.73. The SMILES string of the molecule is CCNOCc1ccc(-c2ccc([C@H](c3cccc(F)c3)C(C)(C)C(=O)Nc3nncs3)s2)cc1. The molecule has 0 spiro atoms. The number of benzene rings is 2. The molecule has 4 rings (SSSR count). The van der Waals surface area contributed by atoms with Gasteiger partial charge in [0.2, 0.25) is 11.0 Å². The summed E-state index contributed by atoms with van der Waals surface area (Å²) < 4.78 is 14.2. The van der Waals surface area contributed by atoms with Crippen LogP contribution in [0.5, 0.6) is 0 Å². The first kappa shape index (κ1) is 25.1. The molecule has 6 nitrogen and oxygen atoms in total. The number of hydrogen-bond donors (Lipinski definition) is 2. The Labute approximate surface area is 212 Å². The largest absolute Gasteiger partial charge is 0.300 e. The Morgan fingerprint density at radius 2 is 1.94 bits per heavy atom. The summed E-state index contributed by atoms with van der Waals surface area (Å²) >= 11 is 2.86. The van der Waals surface area contributed by atoms with Gasteiger partial charge in [-0.15, -0.1) is 21.5 Å². The Bertz CT molecular complexity index is 1260. The number of hydroxylamine groups is 1. The first-order chi connectivity index (χ1) is 16.9. The quantitative estimate of drug-likeness (QED) is 0.195. The van der Waals surface area contributed by atoms with E-state index >= 15 is 0 Å². The van der Waals surface area contributed by atoms with Crippen molar-refractivity contribution >= 4 is 33.7 Å². The van der Waals surface area contributed by atoms with Gasteiger partial charge in [0, 0.05) is 22.2 Å². The van der Waals surface area contributed by atoms with Crippen molar-refractivity contribution in [3.63, 3.8) is 0 Å². The highest BCUT2D eigenvalue weighted by atomic mass is 32.1. The van der Waals surface area contributed by atoms with Crippen molar-refractivity contribution < 1.29 is 14.0 Å². The predicted octanol–water partition coefficient (Wildman–Crippen LogP) is 6.24. The maximum absolute atomic E-state index is 14.2. The molecule has 1 atom stereocenters. The normalized spacial score (nSPS) is 12.5. The topological polar surface area (TPSA) is 76.1 Å². The van der Waals surface area contributed by atoms with Gasteiger partial charge in [-0.1, -0.05) is 68.5 Å². The summed E-state index contributed by atoms with van der Waals surface area (Å²) in [5, 5.41) is 11.0. The Kier molecular flexibility index (Phi) is 8.02. The fourth-order valence-corrected chi connectivity index (χ4v) is 5.67. The molecule has 0 aliphatic heterocycles. The van der Waals surface area contributed by atoms with Gasteiger partial charge >= 0.3 is 0 Å². The van der Waals surface area contributed by atoms with E-state index in [-0.39, 0.29) is 17.6 Å². The summed E-state index contributed by atoms with van der Waals surface area (Å²) in [7, 11) is 0. The second kappa shape index (κ2) is 11.2. The van der Waals surface area contributed by atoms with Crippen molar-refractivity contribution in [3.8, 4) is 10.4 Å². The Morgan fingerprint density at radius 3 is 2.63 bits per heavy atom. The second-order valence-electron chi connectivity index (χ2n) is 8.59. The molecular weight excluding hydrogens is 483 g/mol. The van der Waals surface area contributed by atoms with E-state index in [0.717, 1.165) is 33.0 Å². The Hall–Kier alpha value is -2.98. The van der Waals surface area contributed by atoms with Crippen LogP contribution in [0.15, 0.2) is 66.2 Å². The zero-order chi connectivity index (χ0) is 24.8. The van der Waals surface area contributed by atoms with Gasteiger partial charge < -0.3 is 5.32 Å². The van der Waals surface area contributed by atoms with Crippen molar-refractivity contribution in [2.24, 2.45) is 5.41 Å². The lowest BCUT2D eigenvalue weighted by Gasteiger charge is -2.32. The average molecular weight is 511 g/mol. The molecule has 0 radical (unpaired) electrons. The minimum Gasteiger partial charge on any atom is -0.300 e. The van der Waals surface area contributed by atoms with Crippen LogP contribution in [0.1, 0.15) is 42.7 Å². The maximum atomic E-state index is 14.2. The molecule has 35 heavy (non-hydrogen) atoms. The summed E-state index contributed by atoms with van der Waals surface area (Å²) in [6.45, 7) is 6.96. The number of thiophene rings is 1. The molecule has 182 valence electrons. The molecule has 0 saturated carbocycles. The van der Waals surface area contributed by atoms with Crippen LogP contribution < -0.4 is 10.8 Å². The highest BCUT2D eigenvalue weighted by Gasteiger charge is 2.40. The fraction of sp³-hybridized carbons (Fsp3) is 0.269. The zero-order valence-corrected chi connectivity index (χ0v) is 21.4. The van der Waals surface area contributed by atoms with Gasteiger partial charge in [-0.25, -0.2) is 9.87 Å². The van der Waals surface area contributed by atoms with Crippen LogP contribution in [0.3, 0.4) is 0 Å². The molecule has 2 aromatic heterocycles. The molecular formula is C26H27FN4O2S2. The Balaban J connectivity index is 1.64. The molecule has 1 amide bonds. The molecule has 0 aliphatic rings. The lowest BCUT2D eigenvalue weighted by molar-refractivity contribution is -0.124. The summed E-state index contributed by atoms with van der Waals surface area (Å²) in [5.74, 6) is -0.902. The third-order valence-corrected chi connectivity index (χ3v) is 7.51. The number of aromatic nitrogens is 2. The van der Waals surface area contributed by atoms with E-state index in [1.165, 1.54) is 23.5 Å². The van der Waals surface area contributed by atoms with Crippen molar-refractivity contribution in [3.05, 3.63) is 88.0 Å². The second-order valence-corrected chi connectivity index (χ2v) is 10.5. The van der Waals surface area contributed by atoms with Crippen LogP contribution in [0.2, 0.25) is 0 Å². The third-order valence-electron chi connectivity index (χ3n) is 5.70. The van der Waals surface area contributed by atoms with E-state index in [1.807, 2.05) is 45.0 Å². The van der Waals surface area contributed by atoms with E-state index in [0.29, 0.717) is 11.7 Å². The molecule has 2 aromatic carbocycles. The van der Waals surface area contributed by atoms with E-state index in [2.05, 4.69) is 39.2 Å². The first-order valence-electron chi connectivity index (χ1n) is 11.2. The monoisotopic (exact) mass is 510 g/mol. The highest BCUT2D eigenvalue weighted by molar-refractivity contribution is 7.15. The van der Waals surface area contributed by atoms with Gasteiger partial charge in [-0.3, -0.25) is 9.63 Å². The van der Waals surface area contributed by atoms with Crippen molar-refractivity contribution in [1.29, 1.82) is 0 Å². The number of carbonyl (C=O) groups is 1. The molecule has 0 fully saturated rings. The van der Waals surface area contributed by atoms with Crippen molar-refractivity contribution in [2.45, 2.75) is 33.3 Å². The van der Waals surface area contributed by atoms with E-state index in [9.17, 15) is 9.18 Å². The molecule has 2 heterocycles. The molecule has 0 aliphatic carbocycles. The molecule has 2 N–H and O–H groups in total. The number of nitrogens with zero attached hydrogens (tertiary/aromatic N) is 2. The standard InChI is InChI=1S/C26H27FN4O2S2/c1-4-29-33-15-17-8-10-18(11-9-17)21-12-13-22(35-21)23(19-6-5-7-20(27)14-19)26(2,3)24(32)30-25-31-28-16-34-25/h5-14,16,23,29H,4,15H2,1-3H3,(H,30,31,32)/t23-/m0/s1. The lowest BCUT2D eigenvalue weighted by Crippen LogP contribution is -2.36. The third kappa shape index (κ3) is 5.99. The van der Waals surface area contributed by atoms with Crippen molar-refractivity contribution in [1.82, 2.24) is 15.7 Å². The minimum absolute atomic E-state index is 0.205. The van der Waals surface area contributed by atoms with Crippen LogP contribution in [-0.2, 0) is 16.2 Å².